The highest BCUT2D eigenvalue weighted by molar-refractivity contribution is 7.93. The van der Waals surface area contributed by atoms with E-state index in [2.05, 4.69) is 20.1 Å². The minimum atomic E-state index is -3.75. The molecule has 0 radical (unpaired) electrons. The van der Waals surface area contributed by atoms with E-state index in [0.717, 1.165) is 5.69 Å². The third-order valence-corrected chi connectivity index (χ3v) is 6.77. The Hall–Kier alpha value is -3.50. The molecule has 0 aliphatic carbocycles. The van der Waals surface area contributed by atoms with Crippen LogP contribution in [-0.2, 0) is 10.0 Å². The van der Waals surface area contributed by atoms with Crippen molar-refractivity contribution in [3.05, 3.63) is 83.1 Å². The number of carbonyl (C=O) groups excluding carboxylic acids is 1. The molecule has 158 valence electrons. The fraction of sp³-hybridized carbons (Fsp3) is 0.0952. The van der Waals surface area contributed by atoms with Crippen molar-refractivity contribution in [3.63, 3.8) is 0 Å². The summed E-state index contributed by atoms with van der Waals surface area (Å²) in [4.78, 5) is 16.9. The molecule has 4 rings (SSSR count). The van der Waals surface area contributed by atoms with Crippen LogP contribution in [0.4, 0.5) is 10.8 Å². The molecule has 0 saturated heterocycles. The molecule has 1 amide bonds. The van der Waals surface area contributed by atoms with E-state index in [4.69, 9.17) is 0 Å². The minimum Gasteiger partial charge on any atom is -0.322 e. The summed E-state index contributed by atoms with van der Waals surface area (Å²) < 4.78 is 29.0. The van der Waals surface area contributed by atoms with Crippen LogP contribution in [0.5, 0.6) is 0 Å². The second-order valence-electron chi connectivity index (χ2n) is 6.71. The van der Waals surface area contributed by atoms with E-state index in [0.29, 0.717) is 27.8 Å². The van der Waals surface area contributed by atoms with Crippen LogP contribution >= 0.6 is 11.3 Å². The summed E-state index contributed by atoms with van der Waals surface area (Å²) in [6.07, 6.45) is 1.52. The summed E-state index contributed by atoms with van der Waals surface area (Å²) >= 11 is 1.19. The summed E-state index contributed by atoms with van der Waals surface area (Å²) in [5.41, 5.74) is 3.14. The van der Waals surface area contributed by atoms with Crippen molar-refractivity contribution < 1.29 is 13.2 Å². The molecule has 0 saturated carbocycles. The van der Waals surface area contributed by atoms with Crippen LogP contribution in [-0.4, -0.2) is 29.1 Å². The first-order valence-electron chi connectivity index (χ1n) is 9.30. The van der Waals surface area contributed by atoms with Crippen LogP contribution < -0.4 is 10.0 Å². The lowest BCUT2D eigenvalue weighted by Gasteiger charge is -2.09. The molecule has 2 heterocycles. The SMILES string of the molecule is Cc1nn(-c2ccccc2)c(C)c1C(=O)Nc1ccc(S(=O)(=O)Nc2nccs2)cc1. The van der Waals surface area contributed by atoms with E-state index in [9.17, 15) is 13.2 Å². The molecule has 0 bridgehead atoms. The molecule has 0 atom stereocenters. The predicted octanol–water partition coefficient (Wildman–Crippen LogP) is 4.00. The quantitative estimate of drug-likeness (QED) is 0.459. The third-order valence-electron chi connectivity index (χ3n) is 4.60. The molecule has 10 heteroatoms. The number of nitrogens with one attached hydrogen (secondary N) is 2. The monoisotopic (exact) mass is 453 g/mol. The Morgan fingerprint density at radius 2 is 1.74 bits per heavy atom. The molecule has 0 aliphatic heterocycles. The number of hydrogen-bond donors (Lipinski definition) is 2. The zero-order valence-electron chi connectivity index (χ0n) is 16.7. The lowest BCUT2D eigenvalue weighted by molar-refractivity contribution is 0.102. The summed E-state index contributed by atoms with van der Waals surface area (Å²) in [6.45, 7) is 3.61. The van der Waals surface area contributed by atoms with E-state index in [-0.39, 0.29) is 10.8 Å². The van der Waals surface area contributed by atoms with Gasteiger partial charge in [0, 0.05) is 17.3 Å². The number of sulfonamides is 1. The van der Waals surface area contributed by atoms with Gasteiger partial charge in [0.25, 0.3) is 15.9 Å². The molecule has 4 aromatic rings. The highest BCUT2D eigenvalue weighted by Gasteiger charge is 2.20. The molecular formula is C21H19N5O3S2. The second-order valence-corrected chi connectivity index (χ2v) is 9.29. The van der Waals surface area contributed by atoms with Gasteiger partial charge in [0.2, 0.25) is 0 Å². The summed E-state index contributed by atoms with van der Waals surface area (Å²) in [5, 5.41) is 9.27. The number of hydrogen-bond acceptors (Lipinski definition) is 6. The number of carbonyl (C=O) groups is 1. The smallest absolute Gasteiger partial charge is 0.263 e. The van der Waals surface area contributed by atoms with Gasteiger partial charge in [0.15, 0.2) is 5.13 Å². The Morgan fingerprint density at radius 3 is 2.39 bits per heavy atom. The fourth-order valence-electron chi connectivity index (χ4n) is 3.15. The van der Waals surface area contributed by atoms with Gasteiger partial charge < -0.3 is 5.32 Å². The van der Waals surface area contributed by atoms with E-state index < -0.39 is 10.0 Å². The highest BCUT2D eigenvalue weighted by atomic mass is 32.2. The van der Waals surface area contributed by atoms with Crippen molar-refractivity contribution >= 4 is 38.1 Å². The lowest BCUT2D eigenvalue weighted by atomic mass is 10.1. The Morgan fingerprint density at radius 1 is 1.03 bits per heavy atom. The topological polar surface area (TPSA) is 106 Å². The number of para-hydroxylation sites is 1. The largest absolute Gasteiger partial charge is 0.322 e. The molecule has 8 nitrogen and oxygen atoms in total. The predicted molar refractivity (Wildman–Crippen MR) is 120 cm³/mol. The molecule has 0 unspecified atom stereocenters. The second kappa shape index (κ2) is 8.32. The Kier molecular flexibility index (Phi) is 5.57. The van der Waals surface area contributed by atoms with Crippen molar-refractivity contribution in [1.29, 1.82) is 0 Å². The van der Waals surface area contributed by atoms with Gasteiger partial charge in [-0.2, -0.15) is 5.10 Å². The van der Waals surface area contributed by atoms with Gasteiger partial charge in [0.05, 0.1) is 27.5 Å². The first kappa shape index (κ1) is 20.8. The number of thiazole rings is 1. The number of benzene rings is 2. The van der Waals surface area contributed by atoms with Gasteiger partial charge >= 0.3 is 0 Å². The van der Waals surface area contributed by atoms with Crippen molar-refractivity contribution in [2.45, 2.75) is 18.7 Å². The summed E-state index contributed by atoms with van der Waals surface area (Å²) in [7, 11) is -3.75. The molecule has 2 aromatic heterocycles. The van der Waals surface area contributed by atoms with Gasteiger partial charge in [-0.25, -0.2) is 18.1 Å². The molecular weight excluding hydrogens is 434 g/mol. The van der Waals surface area contributed by atoms with Crippen molar-refractivity contribution in [1.82, 2.24) is 14.8 Å². The van der Waals surface area contributed by atoms with E-state index >= 15 is 0 Å². The van der Waals surface area contributed by atoms with E-state index in [1.807, 2.05) is 37.3 Å². The average molecular weight is 454 g/mol. The Balaban J connectivity index is 1.53. The molecule has 0 fully saturated rings. The van der Waals surface area contributed by atoms with Crippen LogP contribution in [0.3, 0.4) is 0 Å². The van der Waals surface area contributed by atoms with Gasteiger partial charge in [-0.05, 0) is 50.2 Å². The number of aromatic nitrogens is 3. The first-order valence-corrected chi connectivity index (χ1v) is 11.7. The molecule has 2 aromatic carbocycles. The van der Waals surface area contributed by atoms with Crippen LogP contribution in [0.25, 0.3) is 5.69 Å². The maximum atomic E-state index is 12.9. The van der Waals surface area contributed by atoms with E-state index in [1.54, 1.807) is 29.1 Å². The lowest BCUT2D eigenvalue weighted by Crippen LogP contribution is -2.15. The molecule has 2 N–H and O–H groups in total. The summed E-state index contributed by atoms with van der Waals surface area (Å²) in [6, 6.07) is 15.5. The normalized spacial score (nSPS) is 11.3. The van der Waals surface area contributed by atoms with Crippen LogP contribution in [0, 0.1) is 13.8 Å². The minimum absolute atomic E-state index is 0.0740. The Bertz CT molecular complexity index is 1310. The average Bonchev–Trinajstić information content (AvgIpc) is 3.36. The van der Waals surface area contributed by atoms with Gasteiger partial charge in [-0.15, -0.1) is 11.3 Å². The number of amides is 1. The standard InChI is InChI=1S/C21H19N5O3S2/c1-14-19(15(2)26(24-14)17-6-4-3-5-7-17)20(27)23-16-8-10-18(11-9-16)31(28,29)25-21-22-12-13-30-21/h3-13H,1-2H3,(H,22,25)(H,23,27). The maximum Gasteiger partial charge on any atom is 0.263 e. The number of aryl methyl sites for hydroxylation is 1. The zero-order chi connectivity index (χ0) is 22.0. The van der Waals surface area contributed by atoms with Gasteiger partial charge in [-0.1, -0.05) is 18.2 Å². The number of nitrogens with zero attached hydrogens (tertiary/aromatic N) is 3. The summed E-state index contributed by atoms with van der Waals surface area (Å²) in [5.74, 6) is -0.311. The maximum absolute atomic E-state index is 12.9. The van der Waals surface area contributed by atoms with Gasteiger partial charge in [-0.3, -0.25) is 9.52 Å². The van der Waals surface area contributed by atoms with Crippen LogP contribution in [0.2, 0.25) is 0 Å². The molecule has 31 heavy (non-hydrogen) atoms. The van der Waals surface area contributed by atoms with Crippen molar-refractivity contribution in [3.8, 4) is 5.69 Å². The van der Waals surface area contributed by atoms with Gasteiger partial charge in [0.1, 0.15) is 0 Å². The third kappa shape index (κ3) is 4.35. The highest BCUT2D eigenvalue weighted by Crippen LogP contribution is 2.22. The number of anilines is 2. The zero-order valence-corrected chi connectivity index (χ0v) is 18.4. The fourth-order valence-corrected chi connectivity index (χ4v) is 4.94. The first-order chi connectivity index (χ1) is 14.8. The molecule has 0 spiro atoms. The molecule has 0 aliphatic rings. The number of rotatable bonds is 6. The van der Waals surface area contributed by atoms with E-state index in [1.165, 1.54) is 29.7 Å². The van der Waals surface area contributed by atoms with Crippen molar-refractivity contribution in [2.24, 2.45) is 0 Å². The van der Waals surface area contributed by atoms with Crippen molar-refractivity contribution in [2.75, 3.05) is 10.0 Å². The van der Waals surface area contributed by atoms with Crippen LogP contribution in [0.1, 0.15) is 21.7 Å². The Labute approximate surface area is 183 Å². The van der Waals surface area contributed by atoms with Crippen LogP contribution in [0.15, 0.2) is 71.1 Å².